The van der Waals surface area contributed by atoms with Gasteiger partial charge in [-0.25, -0.2) is 4.79 Å². The molecule has 0 saturated carbocycles. The van der Waals surface area contributed by atoms with E-state index >= 15 is 0 Å². The first kappa shape index (κ1) is 40.7. The Labute approximate surface area is 270 Å². The monoisotopic (exact) mass is 611 g/mol. The van der Waals surface area contributed by atoms with Crippen LogP contribution in [0.3, 0.4) is 0 Å². The van der Waals surface area contributed by atoms with Crippen molar-refractivity contribution in [3.8, 4) is 0 Å². The van der Waals surface area contributed by atoms with Crippen molar-refractivity contribution in [2.75, 3.05) is 38.5 Å². The molecule has 0 aliphatic carbocycles. The van der Waals surface area contributed by atoms with E-state index in [1.54, 1.807) is 0 Å². The predicted molar refractivity (Wildman–Crippen MR) is 158 cm³/mol. The van der Waals surface area contributed by atoms with Gasteiger partial charge in [-0.2, -0.15) is 4.98 Å². The van der Waals surface area contributed by atoms with E-state index < -0.39 is 32.3 Å². The van der Waals surface area contributed by atoms with Gasteiger partial charge in [0.25, 0.3) is 0 Å². The SMILES string of the molecule is CCCCCCCCCCCCCCCCCCOCCCOP(=O)([O-])CO[C@H](CO)Cn1ccc(N)nc1=O.[Na+]. The number of hydrogen-bond acceptors (Lipinski definition) is 9. The third-order valence-electron chi connectivity index (χ3n) is 6.83. The van der Waals surface area contributed by atoms with Gasteiger partial charge >= 0.3 is 35.2 Å². The summed E-state index contributed by atoms with van der Waals surface area (Å²) in [6.45, 7) is 2.86. The predicted octanol–water partition coefficient (Wildman–Crippen LogP) is 2.40. The molecule has 1 heterocycles. The smallest absolute Gasteiger partial charge is 0.777 e. The van der Waals surface area contributed by atoms with Crippen LogP contribution < -0.4 is 45.9 Å². The van der Waals surface area contributed by atoms with Crippen LogP contribution in [0.15, 0.2) is 17.1 Å². The molecule has 0 saturated heterocycles. The number of nitrogen functional groups attached to an aromatic ring is 1. The van der Waals surface area contributed by atoms with E-state index in [2.05, 4.69) is 11.9 Å². The Hall–Kier alpha value is -0.290. The number of anilines is 1. The van der Waals surface area contributed by atoms with E-state index in [0.717, 1.165) is 12.8 Å². The molecule has 1 unspecified atom stereocenters. The van der Waals surface area contributed by atoms with Gasteiger partial charge in [0.1, 0.15) is 12.2 Å². The summed E-state index contributed by atoms with van der Waals surface area (Å²) in [5.74, 6) is 0.0779. The van der Waals surface area contributed by atoms with Gasteiger partial charge in [0, 0.05) is 19.4 Å². The average molecular weight is 612 g/mol. The number of aliphatic hydroxyl groups is 1. The van der Waals surface area contributed by atoms with E-state index in [4.69, 9.17) is 19.7 Å². The van der Waals surface area contributed by atoms with Crippen molar-refractivity contribution >= 4 is 13.4 Å². The number of nitrogens with zero attached hydrogens (tertiary/aromatic N) is 2. The van der Waals surface area contributed by atoms with Crippen LogP contribution in [0.5, 0.6) is 0 Å². The first-order valence-electron chi connectivity index (χ1n) is 15.5. The van der Waals surface area contributed by atoms with Crippen LogP contribution in [0.1, 0.15) is 116 Å². The summed E-state index contributed by atoms with van der Waals surface area (Å²) in [7, 11) is -4.24. The van der Waals surface area contributed by atoms with Crippen molar-refractivity contribution in [1.29, 1.82) is 0 Å². The maximum Gasteiger partial charge on any atom is 1.00 e. The van der Waals surface area contributed by atoms with Crippen molar-refractivity contribution in [2.24, 2.45) is 0 Å². The van der Waals surface area contributed by atoms with E-state index in [-0.39, 0.29) is 48.5 Å². The minimum Gasteiger partial charge on any atom is -0.777 e. The molecule has 1 rings (SSSR count). The molecule has 0 spiro atoms. The molecule has 3 N–H and O–H groups in total. The van der Waals surface area contributed by atoms with E-state index in [0.29, 0.717) is 19.6 Å². The van der Waals surface area contributed by atoms with Crippen LogP contribution in [0.25, 0.3) is 0 Å². The molecule has 0 amide bonds. The van der Waals surface area contributed by atoms with E-state index in [9.17, 15) is 19.4 Å². The second kappa shape index (κ2) is 27.3. The molecule has 10 nitrogen and oxygen atoms in total. The molecule has 12 heteroatoms. The van der Waals surface area contributed by atoms with Crippen LogP contribution in [-0.4, -0.2) is 53.5 Å². The zero-order valence-corrected chi connectivity index (χ0v) is 28.7. The number of rotatable bonds is 28. The molecule has 0 bridgehead atoms. The fourth-order valence-corrected chi connectivity index (χ4v) is 5.29. The minimum atomic E-state index is -4.24. The number of hydrogen-bond donors (Lipinski definition) is 2. The fourth-order valence-electron chi connectivity index (χ4n) is 4.42. The van der Waals surface area contributed by atoms with Crippen LogP contribution in [-0.2, 0) is 25.1 Å². The van der Waals surface area contributed by atoms with Gasteiger partial charge < -0.3 is 34.3 Å². The molecule has 0 aliphatic heterocycles. The Balaban J connectivity index is 0.0000160. The van der Waals surface area contributed by atoms with Gasteiger partial charge in [0.15, 0.2) is 7.60 Å². The van der Waals surface area contributed by atoms with Gasteiger partial charge in [-0.1, -0.05) is 103 Å². The summed E-state index contributed by atoms with van der Waals surface area (Å²) < 4.78 is 29.1. The van der Waals surface area contributed by atoms with Gasteiger partial charge in [0.2, 0.25) is 0 Å². The quantitative estimate of drug-likeness (QED) is 0.0828. The molecule has 0 radical (unpaired) electrons. The van der Waals surface area contributed by atoms with Gasteiger partial charge in [-0.3, -0.25) is 4.57 Å². The number of nitrogens with two attached hydrogens (primary N) is 1. The largest absolute Gasteiger partial charge is 1.00 e. The summed E-state index contributed by atoms with van der Waals surface area (Å²) in [5.41, 5.74) is 4.84. The topological polar surface area (TPSA) is 149 Å². The number of aliphatic hydroxyl groups excluding tert-OH is 1. The second-order valence-electron chi connectivity index (χ2n) is 10.6. The fraction of sp³-hybridized carbons (Fsp3) is 0.862. The van der Waals surface area contributed by atoms with Crippen molar-refractivity contribution in [1.82, 2.24) is 9.55 Å². The molecule has 2 atom stereocenters. The Kier molecular flexibility index (Phi) is 27.1. The zero-order valence-electron chi connectivity index (χ0n) is 25.8. The maximum atomic E-state index is 12.1. The zero-order chi connectivity index (χ0) is 29.3. The number of ether oxygens (including phenoxy) is 2. The van der Waals surface area contributed by atoms with Crippen molar-refractivity contribution in [3.05, 3.63) is 22.7 Å². The van der Waals surface area contributed by atoms with Gasteiger partial charge in [0.05, 0.1) is 25.9 Å². The molecule has 1 aromatic rings. The van der Waals surface area contributed by atoms with Crippen LogP contribution >= 0.6 is 7.60 Å². The third kappa shape index (κ3) is 23.8. The molecule has 234 valence electrons. The minimum absolute atomic E-state index is 0. The van der Waals surface area contributed by atoms with Gasteiger partial charge in [-0.05, 0) is 18.9 Å². The van der Waals surface area contributed by atoms with Crippen molar-refractivity contribution in [3.63, 3.8) is 0 Å². The third-order valence-corrected chi connectivity index (χ3v) is 7.87. The number of unbranched alkanes of at least 4 members (excludes halogenated alkanes) is 15. The summed E-state index contributed by atoms with van der Waals surface area (Å²) in [6.07, 6.45) is 21.6. The molecular weight excluding hydrogens is 556 g/mol. The Morgan fingerprint density at radius 3 is 1.93 bits per heavy atom. The Morgan fingerprint density at radius 1 is 0.902 bits per heavy atom. The normalized spacial score (nSPS) is 13.5. The average Bonchev–Trinajstić information content (AvgIpc) is 2.93. The van der Waals surface area contributed by atoms with E-state index in [1.165, 1.54) is 107 Å². The van der Waals surface area contributed by atoms with E-state index in [1.807, 2.05) is 0 Å². The number of aromatic nitrogens is 2. The molecule has 41 heavy (non-hydrogen) atoms. The molecule has 0 fully saturated rings. The first-order chi connectivity index (χ1) is 19.4. The summed E-state index contributed by atoms with van der Waals surface area (Å²) >= 11 is 0. The maximum absolute atomic E-state index is 12.1. The first-order valence-corrected chi connectivity index (χ1v) is 17.2. The summed E-state index contributed by atoms with van der Waals surface area (Å²) in [6, 6.07) is 1.43. The Bertz CT molecular complexity index is 847. The van der Waals surface area contributed by atoms with Crippen molar-refractivity contribution in [2.45, 2.75) is 129 Å². The second-order valence-corrected chi connectivity index (χ2v) is 12.3. The molecular formula is C29H55N3NaO7P. The molecule has 0 aromatic carbocycles. The van der Waals surface area contributed by atoms with Gasteiger partial charge in [-0.15, -0.1) is 0 Å². The molecule has 1 aromatic heterocycles. The standard InChI is InChI=1S/C29H56N3O7P.Na/c1-2-3-4-5-6-7-8-9-10-11-12-13-14-15-16-17-21-37-22-18-23-39-40(35,36)26-38-27(25-33)24-32-20-19-28(30)31-29(32)34;/h19-20,27,33H,2-18,21-26H2,1H3,(H,35,36)(H2,30,31,34);/q;+1/p-1/t27-;/m0./s1. The summed E-state index contributed by atoms with van der Waals surface area (Å²) in [5, 5.41) is 9.45. The summed E-state index contributed by atoms with van der Waals surface area (Å²) in [4.78, 5) is 27.4. The van der Waals surface area contributed by atoms with Crippen LogP contribution in [0.2, 0.25) is 0 Å². The van der Waals surface area contributed by atoms with Crippen molar-refractivity contribution < 1.29 is 58.1 Å². The molecule has 0 aliphatic rings. The van der Waals surface area contributed by atoms with Crippen LogP contribution in [0.4, 0.5) is 5.82 Å². The van der Waals surface area contributed by atoms with Crippen LogP contribution in [0, 0.1) is 0 Å². The Morgan fingerprint density at radius 2 is 1.41 bits per heavy atom.